The van der Waals surface area contributed by atoms with Crippen molar-refractivity contribution in [3.63, 3.8) is 0 Å². The first-order valence-electron chi connectivity index (χ1n) is 5.97. The number of anilines is 2. The number of rotatable bonds is 4. The Hall–Kier alpha value is -2.43. The normalized spacial score (nSPS) is 10.2. The molecular formula is C14H17N3O2. The second-order valence-corrected chi connectivity index (χ2v) is 4.29. The Morgan fingerprint density at radius 1 is 1.42 bits per heavy atom. The van der Waals surface area contributed by atoms with E-state index >= 15 is 0 Å². The summed E-state index contributed by atoms with van der Waals surface area (Å²) in [6, 6.07) is 8.96. The molecule has 0 aliphatic heterocycles. The molecule has 1 aromatic carbocycles. The predicted octanol–water partition coefficient (Wildman–Crippen LogP) is 1.86. The van der Waals surface area contributed by atoms with Crippen molar-refractivity contribution in [3.8, 4) is 0 Å². The smallest absolute Gasteiger partial charge is 0.251 e. The van der Waals surface area contributed by atoms with E-state index in [1.54, 1.807) is 31.5 Å². The standard InChI is InChI=1S/C14H17N3O2/c1-16-14(18)10-5-6-12(15)13(8-10)17(2)9-11-4-3-7-19-11/h3-8H,9,15H2,1-2H3,(H,16,18). The lowest BCUT2D eigenvalue weighted by Crippen LogP contribution is -2.21. The molecule has 0 aliphatic carbocycles. The minimum Gasteiger partial charge on any atom is -0.467 e. The molecule has 0 bridgehead atoms. The molecule has 0 saturated heterocycles. The maximum absolute atomic E-state index is 11.6. The molecule has 0 spiro atoms. The van der Waals surface area contributed by atoms with Crippen LogP contribution in [0.3, 0.4) is 0 Å². The molecule has 0 aliphatic rings. The molecule has 19 heavy (non-hydrogen) atoms. The van der Waals surface area contributed by atoms with Gasteiger partial charge in [-0.25, -0.2) is 0 Å². The van der Waals surface area contributed by atoms with Gasteiger partial charge < -0.3 is 20.4 Å². The molecule has 2 rings (SSSR count). The summed E-state index contributed by atoms with van der Waals surface area (Å²) in [6.45, 7) is 0.592. The minimum atomic E-state index is -0.132. The van der Waals surface area contributed by atoms with Crippen LogP contribution in [0.1, 0.15) is 16.1 Å². The number of amides is 1. The van der Waals surface area contributed by atoms with Crippen molar-refractivity contribution in [1.82, 2.24) is 5.32 Å². The zero-order valence-corrected chi connectivity index (χ0v) is 11.0. The van der Waals surface area contributed by atoms with E-state index in [4.69, 9.17) is 10.2 Å². The van der Waals surface area contributed by atoms with E-state index in [1.165, 1.54) is 0 Å². The highest BCUT2D eigenvalue weighted by molar-refractivity contribution is 5.96. The molecule has 5 nitrogen and oxygen atoms in total. The number of nitrogen functional groups attached to an aromatic ring is 1. The van der Waals surface area contributed by atoms with Gasteiger partial charge in [0.2, 0.25) is 0 Å². The molecule has 1 aromatic heterocycles. The summed E-state index contributed by atoms with van der Waals surface area (Å²) >= 11 is 0. The second kappa shape index (κ2) is 5.48. The minimum absolute atomic E-state index is 0.132. The number of carbonyl (C=O) groups is 1. The number of hydrogen-bond donors (Lipinski definition) is 2. The number of hydrogen-bond acceptors (Lipinski definition) is 4. The summed E-state index contributed by atoms with van der Waals surface area (Å²) in [5.41, 5.74) is 7.97. The van der Waals surface area contributed by atoms with Gasteiger partial charge in [0.15, 0.2) is 0 Å². The zero-order chi connectivity index (χ0) is 13.8. The third-order valence-electron chi connectivity index (χ3n) is 2.90. The molecule has 5 heteroatoms. The third kappa shape index (κ3) is 2.88. The van der Waals surface area contributed by atoms with Gasteiger partial charge in [0.05, 0.1) is 24.2 Å². The first-order valence-corrected chi connectivity index (χ1v) is 5.97. The van der Waals surface area contributed by atoms with Gasteiger partial charge in [0, 0.05) is 19.7 Å². The second-order valence-electron chi connectivity index (χ2n) is 4.29. The maximum Gasteiger partial charge on any atom is 0.251 e. The number of nitrogens with zero attached hydrogens (tertiary/aromatic N) is 1. The molecule has 0 unspecified atom stereocenters. The molecule has 100 valence electrons. The van der Waals surface area contributed by atoms with Crippen molar-refractivity contribution in [3.05, 3.63) is 47.9 Å². The lowest BCUT2D eigenvalue weighted by Gasteiger charge is -2.20. The highest BCUT2D eigenvalue weighted by atomic mass is 16.3. The first kappa shape index (κ1) is 13.0. The largest absolute Gasteiger partial charge is 0.467 e. The van der Waals surface area contributed by atoms with Crippen molar-refractivity contribution in [2.45, 2.75) is 6.54 Å². The molecule has 0 atom stereocenters. The lowest BCUT2D eigenvalue weighted by molar-refractivity contribution is 0.0963. The van der Waals surface area contributed by atoms with Crippen LogP contribution < -0.4 is 16.0 Å². The Balaban J connectivity index is 2.25. The van der Waals surface area contributed by atoms with E-state index in [-0.39, 0.29) is 5.91 Å². The average Bonchev–Trinajstić information content (AvgIpc) is 2.91. The van der Waals surface area contributed by atoms with Crippen LogP contribution in [0, 0.1) is 0 Å². The number of nitrogens with one attached hydrogen (secondary N) is 1. The Bertz CT molecular complexity index is 564. The van der Waals surface area contributed by atoms with Crippen LogP contribution in [0.25, 0.3) is 0 Å². The summed E-state index contributed by atoms with van der Waals surface area (Å²) in [5, 5.41) is 2.60. The van der Waals surface area contributed by atoms with E-state index < -0.39 is 0 Å². The number of carbonyl (C=O) groups excluding carboxylic acids is 1. The number of furan rings is 1. The number of benzene rings is 1. The number of nitrogens with two attached hydrogens (primary N) is 1. The third-order valence-corrected chi connectivity index (χ3v) is 2.90. The van der Waals surface area contributed by atoms with Gasteiger partial charge >= 0.3 is 0 Å². The quantitative estimate of drug-likeness (QED) is 0.822. The van der Waals surface area contributed by atoms with Gasteiger partial charge in [-0.15, -0.1) is 0 Å². The Kier molecular flexibility index (Phi) is 3.75. The van der Waals surface area contributed by atoms with Gasteiger partial charge in [-0.05, 0) is 30.3 Å². The van der Waals surface area contributed by atoms with E-state index in [1.807, 2.05) is 24.1 Å². The van der Waals surface area contributed by atoms with Crippen molar-refractivity contribution in [2.24, 2.45) is 0 Å². The van der Waals surface area contributed by atoms with Crippen LogP contribution >= 0.6 is 0 Å². The predicted molar refractivity (Wildman–Crippen MR) is 75.1 cm³/mol. The van der Waals surface area contributed by atoms with Crippen LogP contribution in [0.15, 0.2) is 41.0 Å². The monoisotopic (exact) mass is 259 g/mol. The van der Waals surface area contributed by atoms with Gasteiger partial charge in [0.25, 0.3) is 5.91 Å². The topological polar surface area (TPSA) is 71.5 Å². The maximum atomic E-state index is 11.6. The summed E-state index contributed by atoms with van der Waals surface area (Å²) in [5.74, 6) is 0.708. The molecule has 1 amide bonds. The Morgan fingerprint density at radius 2 is 2.21 bits per heavy atom. The van der Waals surface area contributed by atoms with E-state index in [2.05, 4.69) is 5.32 Å². The zero-order valence-electron chi connectivity index (χ0n) is 11.0. The van der Waals surface area contributed by atoms with Crippen LogP contribution in [0.4, 0.5) is 11.4 Å². The highest BCUT2D eigenvalue weighted by Crippen LogP contribution is 2.25. The molecule has 0 radical (unpaired) electrons. The van der Waals surface area contributed by atoms with E-state index in [0.717, 1.165) is 11.4 Å². The van der Waals surface area contributed by atoms with E-state index in [0.29, 0.717) is 17.8 Å². The Labute approximate surface area is 112 Å². The van der Waals surface area contributed by atoms with Gasteiger partial charge in [-0.3, -0.25) is 4.79 Å². The summed E-state index contributed by atoms with van der Waals surface area (Å²) in [4.78, 5) is 13.6. The Morgan fingerprint density at radius 3 is 2.84 bits per heavy atom. The van der Waals surface area contributed by atoms with Crippen LogP contribution in [-0.4, -0.2) is 20.0 Å². The van der Waals surface area contributed by atoms with Crippen molar-refractivity contribution in [1.29, 1.82) is 0 Å². The van der Waals surface area contributed by atoms with Crippen LogP contribution in [0.5, 0.6) is 0 Å². The summed E-state index contributed by atoms with van der Waals surface area (Å²) in [7, 11) is 3.51. The van der Waals surface area contributed by atoms with Crippen LogP contribution in [0.2, 0.25) is 0 Å². The van der Waals surface area contributed by atoms with Crippen molar-refractivity contribution in [2.75, 3.05) is 24.7 Å². The fourth-order valence-corrected chi connectivity index (χ4v) is 1.88. The van der Waals surface area contributed by atoms with Crippen molar-refractivity contribution >= 4 is 17.3 Å². The highest BCUT2D eigenvalue weighted by Gasteiger charge is 2.11. The van der Waals surface area contributed by atoms with Crippen LogP contribution in [-0.2, 0) is 6.54 Å². The molecule has 0 fully saturated rings. The fraction of sp³-hybridized carbons (Fsp3) is 0.214. The van der Waals surface area contributed by atoms with Gasteiger partial charge in [0.1, 0.15) is 5.76 Å². The van der Waals surface area contributed by atoms with E-state index in [9.17, 15) is 4.79 Å². The van der Waals surface area contributed by atoms with Crippen molar-refractivity contribution < 1.29 is 9.21 Å². The SMILES string of the molecule is CNC(=O)c1ccc(N)c(N(C)Cc2ccco2)c1. The molecule has 1 heterocycles. The molecular weight excluding hydrogens is 242 g/mol. The molecule has 0 saturated carbocycles. The van der Waals surface area contributed by atoms with Gasteiger partial charge in [-0.1, -0.05) is 0 Å². The molecule has 3 N–H and O–H groups in total. The summed E-state index contributed by atoms with van der Waals surface area (Å²) < 4.78 is 5.30. The fourth-order valence-electron chi connectivity index (χ4n) is 1.88. The summed E-state index contributed by atoms with van der Waals surface area (Å²) in [6.07, 6.45) is 1.63. The lowest BCUT2D eigenvalue weighted by atomic mass is 10.1. The van der Waals surface area contributed by atoms with Gasteiger partial charge in [-0.2, -0.15) is 0 Å². The first-order chi connectivity index (χ1) is 9.11. The molecule has 2 aromatic rings. The average molecular weight is 259 g/mol.